The lowest BCUT2D eigenvalue weighted by Gasteiger charge is -2.30. The number of esters is 2. The molecule has 4 rings (SSSR count). The highest BCUT2D eigenvalue weighted by molar-refractivity contribution is 7.89. The Balaban J connectivity index is 1.68. The minimum absolute atomic E-state index is 0.121. The molecule has 2 heterocycles. The summed E-state index contributed by atoms with van der Waals surface area (Å²) in [5.41, 5.74) is 1.11. The molecule has 1 saturated heterocycles. The summed E-state index contributed by atoms with van der Waals surface area (Å²) in [6.07, 6.45) is 1.82. The predicted molar refractivity (Wildman–Crippen MR) is 137 cm³/mol. The predicted octanol–water partition coefficient (Wildman–Crippen LogP) is 2.82. The third-order valence-electron chi connectivity index (χ3n) is 6.17. The van der Waals surface area contributed by atoms with Crippen molar-refractivity contribution in [3.05, 3.63) is 58.4 Å². The standard InChI is InChI=1S/C25H27N3O7S2/c1-16-5-4-12-27(14-16)37(32,33)19-9-6-17(7-10-19)23(30)26-25-28(15-22(29)34-2)20-11-8-18(24(31)35-3)13-21(20)36-25/h6-11,13,16H,4-5,12,14-15H2,1-3H3. The van der Waals surface area contributed by atoms with Gasteiger partial charge in [-0.3, -0.25) is 9.59 Å². The lowest BCUT2D eigenvalue weighted by molar-refractivity contribution is -0.141. The first-order valence-electron chi connectivity index (χ1n) is 11.6. The highest BCUT2D eigenvalue weighted by atomic mass is 32.2. The van der Waals surface area contributed by atoms with Gasteiger partial charge in [0, 0.05) is 18.7 Å². The number of amides is 1. The van der Waals surface area contributed by atoms with E-state index in [1.54, 1.807) is 18.2 Å². The average molecular weight is 546 g/mol. The van der Waals surface area contributed by atoms with E-state index in [1.165, 1.54) is 47.4 Å². The second kappa shape index (κ2) is 11.0. The van der Waals surface area contributed by atoms with E-state index < -0.39 is 27.9 Å². The van der Waals surface area contributed by atoms with Crippen LogP contribution in [0.25, 0.3) is 10.2 Å². The zero-order valence-corrected chi connectivity index (χ0v) is 22.3. The first-order valence-corrected chi connectivity index (χ1v) is 13.9. The van der Waals surface area contributed by atoms with Gasteiger partial charge in [-0.25, -0.2) is 13.2 Å². The SMILES string of the molecule is COC(=O)Cn1c(=NC(=O)c2ccc(S(=O)(=O)N3CCCC(C)C3)cc2)sc2cc(C(=O)OC)ccc21. The number of hydrogen-bond donors (Lipinski definition) is 0. The average Bonchev–Trinajstić information content (AvgIpc) is 3.23. The molecule has 1 fully saturated rings. The molecule has 1 aliphatic rings. The molecule has 1 aliphatic heterocycles. The molecule has 1 atom stereocenters. The Morgan fingerprint density at radius 2 is 1.76 bits per heavy atom. The minimum atomic E-state index is -3.65. The molecule has 1 aromatic heterocycles. The molecule has 37 heavy (non-hydrogen) atoms. The largest absolute Gasteiger partial charge is 0.468 e. The molecule has 0 N–H and O–H groups in total. The highest BCUT2D eigenvalue weighted by Crippen LogP contribution is 2.24. The lowest BCUT2D eigenvalue weighted by Crippen LogP contribution is -2.39. The van der Waals surface area contributed by atoms with Gasteiger partial charge in [-0.05, 0) is 61.2 Å². The molecule has 3 aromatic rings. The van der Waals surface area contributed by atoms with Gasteiger partial charge in [0.25, 0.3) is 5.91 Å². The van der Waals surface area contributed by atoms with Crippen LogP contribution in [0.2, 0.25) is 0 Å². The summed E-state index contributed by atoms with van der Waals surface area (Å²) in [6.45, 7) is 2.79. The number of piperidine rings is 1. The van der Waals surface area contributed by atoms with E-state index in [0.29, 0.717) is 34.8 Å². The van der Waals surface area contributed by atoms with E-state index in [-0.39, 0.29) is 21.8 Å². The van der Waals surface area contributed by atoms with Crippen LogP contribution in [-0.4, -0.2) is 62.4 Å². The second-order valence-corrected chi connectivity index (χ2v) is 11.7. The number of benzene rings is 2. The van der Waals surface area contributed by atoms with Crippen molar-refractivity contribution in [3.63, 3.8) is 0 Å². The zero-order chi connectivity index (χ0) is 26.7. The van der Waals surface area contributed by atoms with Crippen LogP contribution >= 0.6 is 11.3 Å². The Kier molecular flexibility index (Phi) is 7.90. The second-order valence-electron chi connectivity index (χ2n) is 8.77. The number of aromatic nitrogens is 1. The van der Waals surface area contributed by atoms with E-state index in [1.807, 2.05) is 6.92 Å². The third kappa shape index (κ3) is 5.65. The summed E-state index contributed by atoms with van der Waals surface area (Å²) >= 11 is 1.13. The number of carbonyl (C=O) groups excluding carboxylic acids is 3. The zero-order valence-electron chi connectivity index (χ0n) is 20.7. The Hall–Kier alpha value is -3.35. The van der Waals surface area contributed by atoms with Crippen LogP contribution in [0.4, 0.5) is 0 Å². The normalized spacial score (nSPS) is 17.1. The Bertz CT molecular complexity index is 1520. The number of ether oxygens (including phenoxy) is 2. The number of nitrogens with zero attached hydrogens (tertiary/aromatic N) is 3. The molecule has 12 heteroatoms. The molecule has 0 saturated carbocycles. The molecule has 0 radical (unpaired) electrons. The molecule has 0 bridgehead atoms. The molecule has 1 amide bonds. The number of carbonyl (C=O) groups is 3. The Morgan fingerprint density at radius 1 is 1.05 bits per heavy atom. The summed E-state index contributed by atoms with van der Waals surface area (Å²) in [4.78, 5) is 41.5. The number of sulfonamides is 1. The molecule has 0 spiro atoms. The van der Waals surface area contributed by atoms with Gasteiger partial charge in [-0.15, -0.1) is 0 Å². The monoisotopic (exact) mass is 545 g/mol. The number of rotatable bonds is 6. The van der Waals surface area contributed by atoms with E-state index in [0.717, 1.165) is 24.2 Å². The van der Waals surface area contributed by atoms with Gasteiger partial charge in [0.1, 0.15) is 6.54 Å². The van der Waals surface area contributed by atoms with Gasteiger partial charge in [0.15, 0.2) is 4.80 Å². The summed E-state index contributed by atoms with van der Waals surface area (Å²) in [5.74, 6) is -1.36. The fourth-order valence-electron chi connectivity index (χ4n) is 4.18. The van der Waals surface area contributed by atoms with Crippen molar-refractivity contribution >= 4 is 49.4 Å². The molecular weight excluding hydrogens is 518 g/mol. The van der Waals surface area contributed by atoms with Crippen molar-refractivity contribution in [1.29, 1.82) is 0 Å². The third-order valence-corrected chi connectivity index (χ3v) is 9.10. The number of thiazole rings is 1. The molecule has 2 aromatic carbocycles. The molecular formula is C25H27N3O7S2. The van der Waals surface area contributed by atoms with Gasteiger partial charge in [0.05, 0.1) is 34.9 Å². The van der Waals surface area contributed by atoms with Crippen LogP contribution < -0.4 is 4.80 Å². The molecule has 10 nitrogen and oxygen atoms in total. The molecule has 196 valence electrons. The van der Waals surface area contributed by atoms with Gasteiger partial charge >= 0.3 is 11.9 Å². The van der Waals surface area contributed by atoms with Crippen LogP contribution in [-0.2, 0) is 30.8 Å². The van der Waals surface area contributed by atoms with Crippen molar-refractivity contribution in [2.45, 2.75) is 31.2 Å². The van der Waals surface area contributed by atoms with Crippen LogP contribution in [0.15, 0.2) is 52.4 Å². The quantitative estimate of drug-likeness (QED) is 0.436. The van der Waals surface area contributed by atoms with E-state index >= 15 is 0 Å². The maximum atomic E-state index is 13.0. The van der Waals surface area contributed by atoms with Crippen LogP contribution in [0, 0.1) is 5.92 Å². The Morgan fingerprint density at radius 3 is 2.41 bits per heavy atom. The summed E-state index contributed by atoms with van der Waals surface area (Å²) in [5, 5.41) is 0. The number of methoxy groups -OCH3 is 2. The summed E-state index contributed by atoms with van der Waals surface area (Å²) in [7, 11) is -1.11. The maximum Gasteiger partial charge on any atom is 0.337 e. The Labute approximate surface area is 218 Å². The van der Waals surface area contributed by atoms with E-state index in [2.05, 4.69) is 4.99 Å². The lowest BCUT2D eigenvalue weighted by atomic mass is 10.0. The van der Waals surface area contributed by atoms with E-state index in [9.17, 15) is 22.8 Å². The van der Waals surface area contributed by atoms with Crippen LogP contribution in [0.5, 0.6) is 0 Å². The fraction of sp³-hybridized carbons (Fsp3) is 0.360. The topological polar surface area (TPSA) is 124 Å². The van der Waals surface area contributed by atoms with Crippen molar-refractivity contribution in [1.82, 2.24) is 8.87 Å². The van der Waals surface area contributed by atoms with E-state index in [4.69, 9.17) is 9.47 Å². The summed E-state index contributed by atoms with van der Waals surface area (Å²) in [6, 6.07) is 10.5. The maximum absolute atomic E-state index is 13.0. The van der Waals surface area contributed by atoms with Crippen LogP contribution in [0.3, 0.4) is 0 Å². The van der Waals surface area contributed by atoms with Gasteiger partial charge in [-0.2, -0.15) is 9.30 Å². The summed E-state index contributed by atoms with van der Waals surface area (Å²) < 4.78 is 39.2. The van der Waals surface area contributed by atoms with Crippen molar-refractivity contribution in [2.75, 3.05) is 27.3 Å². The highest BCUT2D eigenvalue weighted by Gasteiger charge is 2.28. The molecule has 1 unspecified atom stereocenters. The first-order chi connectivity index (χ1) is 17.6. The van der Waals surface area contributed by atoms with Crippen molar-refractivity contribution in [3.8, 4) is 0 Å². The number of hydrogen-bond acceptors (Lipinski definition) is 8. The van der Waals surface area contributed by atoms with Gasteiger partial charge in [0.2, 0.25) is 10.0 Å². The van der Waals surface area contributed by atoms with Crippen molar-refractivity contribution in [2.24, 2.45) is 10.9 Å². The van der Waals surface area contributed by atoms with Crippen LogP contribution in [0.1, 0.15) is 40.5 Å². The van der Waals surface area contributed by atoms with Gasteiger partial charge < -0.3 is 14.0 Å². The fourth-order valence-corrected chi connectivity index (χ4v) is 6.85. The van der Waals surface area contributed by atoms with Gasteiger partial charge in [-0.1, -0.05) is 18.3 Å². The first kappa shape index (κ1) is 26.7. The number of fused-ring (bicyclic) bond motifs is 1. The van der Waals surface area contributed by atoms with Crippen molar-refractivity contribution < 1.29 is 32.3 Å². The minimum Gasteiger partial charge on any atom is -0.468 e. The molecule has 0 aliphatic carbocycles. The smallest absolute Gasteiger partial charge is 0.337 e.